The van der Waals surface area contributed by atoms with E-state index in [-0.39, 0.29) is 12.4 Å². The fourth-order valence-electron chi connectivity index (χ4n) is 3.13. The third-order valence-corrected chi connectivity index (χ3v) is 4.40. The molecule has 0 fully saturated rings. The van der Waals surface area contributed by atoms with Gasteiger partial charge in [0.15, 0.2) is 0 Å². The summed E-state index contributed by atoms with van der Waals surface area (Å²) in [4.78, 5) is 0. The minimum absolute atomic E-state index is 0. The molecule has 0 bridgehead atoms. The van der Waals surface area contributed by atoms with Crippen molar-refractivity contribution in [3.63, 3.8) is 0 Å². The molecular weight excluding hydrogens is 315 g/mol. The summed E-state index contributed by atoms with van der Waals surface area (Å²) >= 11 is 5.97. The molecule has 112 valence electrons. The minimum Gasteiger partial charge on any atom is -1.00 e. The molecule has 3 aromatic rings. The summed E-state index contributed by atoms with van der Waals surface area (Å²) in [7, 11) is 0. The van der Waals surface area contributed by atoms with Crippen LogP contribution in [-0.2, 0) is 13.1 Å². The lowest BCUT2D eigenvalue weighted by atomic mass is 10.1. The summed E-state index contributed by atoms with van der Waals surface area (Å²) in [6.45, 7) is 4.02. The molecule has 0 N–H and O–H groups in total. The largest absolute Gasteiger partial charge is 1.00 e. The number of aromatic nitrogens is 2. The lowest BCUT2D eigenvalue weighted by Gasteiger charge is -2.04. The maximum Gasteiger partial charge on any atom is 0.290 e. The Labute approximate surface area is 141 Å². The van der Waals surface area contributed by atoms with Crippen molar-refractivity contribution in [2.75, 3.05) is 0 Å². The van der Waals surface area contributed by atoms with Gasteiger partial charge in [0.25, 0.3) is 5.82 Å². The zero-order chi connectivity index (χ0) is 14.4. The SMILES string of the molecule is Cc1c[n+]2c(n1Cc1ccc(Cl)cc1)-c1ccccc1C2.[Cl-]. The second-order valence-corrected chi connectivity index (χ2v) is 6.03. The second kappa shape index (κ2) is 5.79. The molecule has 0 aliphatic carbocycles. The van der Waals surface area contributed by atoms with Crippen molar-refractivity contribution in [1.82, 2.24) is 4.57 Å². The van der Waals surface area contributed by atoms with Crippen LogP contribution in [0.5, 0.6) is 0 Å². The van der Waals surface area contributed by atoms with Gasteiger partial charge >= 0.3 is 0 Å². The van der Waals surface area contributed by atoms with Crippen LogP contribution in [0.15, 0.2) is 54.7 Å². The Morgan fingerprint density at radius 2 is 1.82 bits per heavy atom. The number of hydrogen-bond donors (Lipinski definition) is 0. The third-order valence-electron chi connectivity index (χ3n) is 4.15. The Morgan fingerprint density at radius 3 is 2.59 bits per heavy atom. The van der Waals surface area contributed by atoms with E-state index in [9.17, 15) is 0 Å². The van der Waals surface area contributed by atoms with Crippen LogP contribution in [-0.4, -0.2) is 4.57 Å². The monoisotopic (exact) mass is 330 g/mol. The van der Waals surface area contributed by atoms with Gasteiger partial charge in [-0.15, -0.1) is 0 Å². The maximum absolute atomic E-state index is 5.97. The average Bonchev–Trinajstić information content (AvgIpc) is 2.98. The average molecular weight is 331 g/mol. The molecule has 2 nitrogen and oxygen atoms in total. The summed E-state index contributed by atoms with van der Waals surface area (Å²) in [5, 5.41) is 0.785. The van der Waals surface area contributed by atoms with Gasteiger partial charge in [-0.25, -0.2) is 9.13 Å². The van der Waals surface area contributed by atoms with Gasteiger partial charge in [-0.05, 0) is 23.8 Å². The van der Waals surface area contributed by atoms with Crippen LogP contribution < -0.4 is 17.0 Å². The minimum atomic E-state index is 0. The molecule has 4 heteroatoms. The quantitative estimate of drug-likeness (QED) is 0.481. The van der Waals surface area contributed by atoms with E-state index in [1.54, 1.807) is 0 Å². The zero-order valence-corrected chi connectivity index (χ0v) is 13.8. The molecule has 1 aromatic heterocycles. The lowest BCUT2D eigenvalue weighted by molar-refractivity contribution is -0.671. The summed E-state index contributed by atoms with van der Waals surface area (Å²) in [5.41, 5.74) is 5.30. The molecule has 4 rings (SSSR count). The van der Waals surface area contributed by atoms with Gasteiger partial charge in [0.05, 0.1) is 5.56 Å². The van der Waals surface area contributed by atoms with Crippen LogP contribution in [0.25, 0.3) is 11.4 Å². The van der Waals surface area contributed by atoms with Gasteiger partial charge in [-0.2, -0.15) is 0 Å². The second-order valence-electron chi connectivity index (χ2n) is 5.59. The van der Waals surface area contributed by atoms with Crippen LogP contribution in [0.2, 0.25) is 5.02 Å². The van der Waals surface area contributed by atoms with E-state index >= 15 is 0 Å². The van der Waals surface area contributed by atoms with Crippen molar-refractivity contribution in [1.29, 1.82) is 0 Å². The van der Waals surface area contributed by atoms with Gasteiger partial charge < -0.3 is 12.4 Å². The van der Waals surface area contributed by atoms with E-state index in [1.807, 2.05) is 12.1 Å². The molecule has 0 spiro atoms. The van der Waals surface area contributed by atoms with Gasteiger partial charge in [-0.1, -0.05) is 41.9 Å². The maximum atomic E-state index is 5.97. The Bertz CT molecular complexity index is 820. The Kier molecular flexibility index (Phi) is 3.98. The molecule has 1 aliphatic heterocycles. The predicted octanol–water partition coefficient (Wildman–Crippen LogP) is 0.818. The van der Waals surface area contributed by atoms with Gasteiger partial charge in [0.1, 0.15) is 25.0 Å². The third kappa shape index (κ3) is 2.43. The van der Waals surface area contributed by atoms with Crippen molar-refractivity contribution in [2.45, 2.75) is 20.0 Å². The summed E-state index contributed by atoms with van der Waals surface area (Å²) in [5.74, 6) is 1.30. The summed E-state index contributed by atoms with van der Waals surface area (Å²) in [6, 6.07) is 16.8. The number of rotatable bonds is 2. The van der Waals surface area contributed by atoms with E-state index in [0.29, 0.717) is 0 Å². The molecule has 1 aliphatic rings. The van der Waals surface area contributed by atoms with Crippen LogP contribution in [0, 0.1) is 6.92 Å². The normalized spacial score (nSPS) is 11.7. The Hall–Kier alpha value is -1.77. The van der Waals surface area contributed by atoms with Crippen LogP contribution >= 0.6 is 11.6 Å². The van der Waals surface area contributed by atoms with Crippen molar-refractivity contribution < 1.29 is 17.0 Å². The summed E-state index contributed by atoms with van der Waals surface area (Å²) < 4.78 is 4.73. The van der Waals surface area contributed by atoms with Crippen LogP contribution in [0.1, 0.15) is 16.8 Å². The standard InChI is InChI=1S/C18H16ClN2.ClH/c1-13-10-20-12-15-4-2-3-5-17(15)18(20)21(13)11-14-6-8-16(19)9-7-14;/h2-10H,11-12H2,1H3;1H/q+1;/p-1. The number of benzene rings is 2. The highest BCUT2D eigenvalue weighted by Gasteiger charge is 2.30. The van der Waals surface area contributed by atoms with E-state index in [1.165, 1.54) is 28.2 Å². The Morgan fingerprint density at radius 1 is 1.09 bits per heavy atom. The van der Waals surface area contributed by atoms with E-state index < -0.39 is 0 Å². The number of hydrogen-bond acceptors (Lipinski definition) is 0. The molecule has 22 heavy (non-hydrogen) atoms. The van der Waals surface area contributed by atoms with Crippen molar-refractivity contribution in [3.8, 4) is 11.4 Å². The molecule has 0 atom stereocenters. The molecule has 0 saturated heterocycles. The number of aryl methyl sites for hydroxylation is 1. The van der Waals surface area contributed by atoms with E-state index in [2.05, 4.69) is 58.7 Å². The van der Waals surface area contributed by atoms with Crippen molar-refractivity contribution >= 4 is 11.6 Å². The first-order valence-corrected chi connectivity index (χ1v) is 7.52. The first-order valence-electron chi connectivity index (χ1n) is 7.14. The molecule has 0 radical (unpaired) electrons. The molecule has 2 aromatic carbocycles. The first kappa shape index (κ1) is 15.1. The lowest BCUT2D eigenvalue weighted by Crippen LogP contribution is -3.00. The highest BCUT2D eigenvalue weighted by atomic mass is 35.5. The van der Waals surface area contributed by atoms with E-state index in [0.717, 1.165) is 18.1 Å². The van der Waals surface area contributed by atoms with Gasteiger partial charge in [0, 0.05) is 17.5 Å². The topological polar surface area (TPSA) is 8.81 Å². The number of fused-ring (bicyclic) bond motifs is 3. The number of imidazole rings is 1. The Balaban J connectivity index is 0.00000144. The van der Waals surface area contributed by atoms with E-state index in [4.69, 9.17) is 11.6 Å². The highest BCUT2D eigenvalue weighted by Crippen LogP contribution is 2.28. The fourth-order valence-corrected chi connectivity index (χ4v) is 3.26. The molecule has 2 heterocycles. The predicted molar refractivity (Wildman–Crippen MR) is 84.5 cm³/mol. The fraction of sp³-hybridized carbons (Fsp3) is 0.167. The molecular formula is C18H16Cl2N2. The van der Waals surface area contributed by atoms with Crippen LogP contribution in [0.4, 0.5) is 0 Å². The molecule has 0 unspecified atom stereocenters. The first-order chi connectivity index (χ1) is 10.2. The molecule has 0 saturated carbocycles. The highest BCUT2D eigenvalue weighted by molar-refractivity contribution is 6.30. The number of halogens is 2. The molecule has 0 amide bonds. The zero-order valence-electron chi connectivity index (χ0n) is 12.3. The smallest absolute Gasteiger partial charge is 0.290 e. The van der Waals surface area contributed by atoms with Crippen LogP contribution in [0.3, 0.4) is 0 Å². The summed E-state index contributed by atoms with van der Waals surface area (Å²) in [6.07, 6.45) is 2.24. The van der Waals surface area contributed by atoms with Gasteiger partial charge in [0.2, 0.25) is 0 Å². The van der Waals surface area contributed by atoms with Crippen molar-refractivity contribution in [3.05, 3.63) is 76.6 Å². The van der Waals surface area contributed by atoms with Gasteiger partial charge in [-0.3, -0.25) is 0 Å². The number of nitrogens with zero attached hydrogens (tertiary/aromatic N) is 2. The van der Waals surface area contributed by atoms with Crippen molar-refractivity contribution in [2.24, 2.45) is 0 Å².